The van der Waals surface area contributed by atoms with Crippen LogP contribution in [0.1, 0.15) is 66.2 Å². The second kappa shape index (κ2) is 29.7. The van der Waals surface area contributed by atoms with E-state index < -0.39 is 6.93 Å². The van der Waals surface area contributed by atoms with Gasteiger partial charge in [0.15, 0.2) is 0 Å². The highest BCUT2D eigenvalue weighted by Gasteiger charge is 1.83. The molecule has 0 N–H and O–H groups in total. The van der Waals surface area contributed by atoms with Gasteiger partial charge < -0.3 is 0 Å². The molecule has 84 valence electrons. The van der Waals surface area contributed by atoms with Crippen LogP contribution in [0.25, 0.3) is 0 Å². The van der Waals surface area contributed by atoms with Gasteiger partial charge in [-0.25, -0.2) is 8.78 Å². The lowest BCUT2D eigenvalue weighted by Gasteiger charge is -1.93. The lowest BCUT2D eigenvalue weighted by molar-refractivity contribution is 0.295. The SMILES string of the molecule is CC.CCCCCCCC.FCF. The Labute approximate surface area is 82.7 Å². The molecule has 0 atom stereocenters. The molecule has 13 heavy (non-hydrogen) atoms. The van der Waals surface area contributed by atoms with Crippen molar-refractivity contribution in [2.24, 2.45) is 0 Å². The standard InChI is InChI=1S/C8H18.C2H6.CH2F2/c1-3-5-7-8-6-4-2;1-2;2-1-3/h3-8H2,1-2H3;1-2H3;1H2. The normalized spacial score (nSPS) is 7.85. The van der Waals surface area contributed by atoms with Crippen LogP contribution in [0.5, 0.6) is 0 Å². The number of rotatable bonds is 5. The van der Waals surface area contributed by atoms with E-state index in [4.69, 9.17) is 0 Å². The molecule has 2 heteroatoms. The van der Waals surface area contributed by atoms with Crippen molar-refractivity contribution >= 4 is 0 Å². The topological polar surface area (TPSA) is 0 Å². The molecule has 0 bridgehead atoms. The molecular formula is C11H26F2. The fraction of sp³-hybridized carbons (Fsp3) is 1.00. The quantitative estimate of drug-likeness (QED) is 0.525. The first-order valence-electron chi connectivity index (χ1n) is 5.45. The van der Waals surface area contributed by atoms with Crippen molar-refractivity contribution in [3.8, 4) is 0 Å². The fourth-order valence-corrected chi connectivity index (χ4v) is 0.854. The zero-order chi connectivity index (χ0) is 10.9. The average molecular weight is 196 g/mol. The van der Waals surface area contributed by atoms with Crippen molar-refractivity contribution in [3.63, 3.8) is 0 Å². The second-order valence-electron chi connectivity index (χ2n) is 2.52. The van der Waals surface area contributed by atoms with Crippen LogP contribution < -0.4 is 0 Å². The van der Waals surface area contributed by atoms with Crippen LogP contribution in [-0.4, -0.2) is 6.93 Å². The number of unbranched alkanes of at least 4 members (excludes halogenated alkanes) is 5. The molecule has 0 heterocycles. The molecule has 0 aromatic rings. The summed E-state index contributed by atoms with van der Waals surface area (Å²) in [4.78, 5) is 0. The molecule has 0 aromatic heterocycles. The summed E-state index contributed by atoms with van der Waals surface area (Å²) >= 11 is 0. The molecule has 0 radical (unpaired) electrons. The first kappa shape index (κ1) is 18.6. The van der Waals surface area contributed by atoms with Gasteiger partial charge in [0.25, 0.3) is 0 Å². The van der Waals surface area contributed by atoms with Crippen molar-refractivity contribution in [3.05, 3.63) is 0 Å². The molecule has 0 unspecified atom stereocenters. The zero-order valence-electron chi connectivity index (χ0n) is 9.71. The number of halogens is 2. The van der Waals surface area contributed by atoms with Crippen molar-refractivity contribution in [1.29, 1.82) is 0 Å². The first-order valence-corrected chi connectivity index (χ1v) is 5.45. The summed E-state index contributed by atoms with van der Waals surface area (Å²) in [6, 6.07) is 0. The van der Waals surface area contributed by atoms with E-state index in [1.165, 1.54) is 38.5 Å². The van der Waals surface area contributed by atoms with Gasteiger partial charge >= 0.3 is 0 Å². The lowest BCUT2D eigenvalue weighted by Crippen LogP contribution is -1.73. The summed E-state index contributed by atoms with van der Waals surface area (Å²) in [5.41, 5.74) is 0. The molecule has 0 amide bonds. The summed E-state index contributed by atoms with van der Waals surface area (Å²) in [7, 11) is 0. The van der Waals surface area contributed by atoms with Crippen molar-refractivity contribution in [2.75, 3.05) is 6.93 Å². The molecule has 0 saturated heterocycles. The van der Waals surface area contributed by atoms with Crippen LogP contribution in [0, 0.1) is 0 Å². The van der Waals surface area contributed by atoms with Crippen LogP contribution in [0.3, 0.4) is 0 Å². The van der Waals surface area contributed by atoms with Gasteiger partial charge in [0.05, 0.1) is 0 Å². The molecule has 0 aliphatic rings. The third-order valence-corrected chi connectivity index (χ3v) is 1.46. The molecule has 0 nitrogen and oxygen atoms in total. The molecular weight excluding hydrogens is 170 g/mol. The second-order valence-corrected chi connectivity index (χ2v) is 2.52. The zero-order valence-corrected chi connectivity index (χ0v) is 9.71. The summed E-state index contributed by atoms with van der Waals surface area (Å²) < 4.78 is 19.2. The largest absolute Gasteiger partial charge is 0.229 e. The van der Waals surface area contributed by atoms with Gasteiger partial charge in [-0.1, -0.05) is 66.2 Å². The van der Waals surface area contributed by atoms with E-state index in [1.807, 2.05) is 13.8 Å². The minimum Gasteiger partial charge on any atom is -0.214 e. The molecule has 0 saturated carbocycles. The summed E-state index contributed by atoms with van der Waals surface area (Å²) in [5, 5.41) is 0. The smallest absolute Gasteiger partial charge is 0.214 e. The Hall–Kier alpha value is -0.140. The van der Waals surface area contributed by atoms with E-state index in [0.29, 0.717) is 0 Å². The summed E-state index contributed by atoms with van der Waals surface area (Å²) in [6.45, 7) is 6.76. The summed E-state index contributed by atoms with van der Waals surface area (Å²) in [6.07, 6.45) is 8.49. The van der Waals surface area contributed by atoms with E-state index in [9.17, 15) is 8.78 Å². The van der Waals surface area contributed by atoms with E-state index in [0.717, 1.165) is 0 Å². The van der Waals surface area contributed by atoms with E-state index in [1.54, 1.807) is 0 Å². The Bertz CT molecular complexity index is 41.4. The Morgan fingerprint density at radius 3 is 1.08 bits per heavy atom. The van der Waals surface area contributed by atoms with Crippen molar-refractivity contribution < 1.29 is 8.78 Å². The number of alkyl halides is 2. The van der Waals surface area contributed by atoms with Crippen LogP contribution in [0.4, 0.5) is 8.78 Å². The maximum atomic E-state index is 9.62. The van der Waals surface area contributed by atoms with Crippen molar-refractivity contribution in [1.82, 2.24) is 0 Å². The minimum atomic E-state index is -1.75. The van der Waals surface area contributed by atoms with Gasteiger partial charge in [0.1, 0.15) is 0 Å². The lowest BCUT2D eigenvalue weighted by atomic mass is 10.1. The number of hydrogen-bond acceptors (Lipinski definition) is 0. The molecule has 0 aliphatic carbocycles. The van der Waals surface area contributed by atoms with Crippen molar-refractivity contribution in [2.45, 2.75) is 66.2 Å². The van der Waals surface area contributed by atoms with E-state index in [2.05, 4.69) is 13.8 Å². The van der Waals surface area contributed by atoms with Gasteiger partial charge in [-0.05, 0) is 0 Å². The fourth-order valence-electron chi connectivity index (χ4n) is 0.854. The molecule has 0 aromatic carbocycles. The predicted octanol–water partition coefficient (Wildman–Crippen LogP) is 5.28. The third-order valence-electron chi connectivity index (χ3n) is 1.46. The number of hydrogen-bond donors (Lipinski definition) is 0. The van der Waals surface area contributed by atoms with Gasteiger partial charge in [-0.2, -0.15) is 0 Å². The molecule has 0 rings (SSSR count). The highest BCUT2D eigenvalue weighted by Crippen LogP contribution is 2.03. The predicted molar refractivity (Wildman–Crippen MR) is 57.5 cm³/mol. The monoisotopic (exact) mass is 196 g/mol. The van der Waals surface area contributed by atoms with Gasteiger partial charge in [-0.15, -0.1) is 0 Å². The van der Waals surface area contributed by atoms with Crippen LogP contribution in [-0.2, 0) is 0 Å². The van der Waals surface area contributed by atoms with Crippen LogP contribution >= 0.6 is 0 Å². The molecule has 0 aliphatic heterocycles. The first-order chi connectivity index (χ1) is 6.33. The summed E-state index contributed by atoms with van der Waals surface area (Å²) in [5.74, 6) is 0. The Morgan fingerprint density at radius 2 is 0.923 bits per heavy atom. The highest BCUT2D eigenvalue weighted by molar-refractivity contribution is 4.39. The van der Waals surface area contributed by atoms with Crippen LogP contribution in [0.15, 0.2) is 0 Å². The van der Waals surface area contributed by atoms with Gasteiger partial charge in [0.2, 0.25) is 6.93 Å². The Morgan fingerprint density at radius 1 is 0.692 bits per heavy atom. The average Bonchev–Trinajstić information content (AvgIpc) is 2.17. The van der Waals surface area contributed by atoms with E-state index >= 15 is 0 Å². The van der Waals surface area contributed by atoms with Crippen LogP contribution in [0.2, 0.25) is 0 Å². The maximum Gasteiger partial charge on any atom is 0.229 e. The third kappa shape index (κ3) is 48.8. The van der Waals surface area contributed by atoms with Gasteiger partial charge in [0, 0.05) is 0 Å². The Kier molecular flexibility index (Phi) is 42.5. The highest BCUT2D eigenvalue weighted by atomic mass is 19.3. The molecule has 0 spiro atoms. The maximum absolute atomic E-state index is 9.62. The van der Waals surface area contributed by atoms with Gasteiger partial charge in [-0.3, -0.25) is 0 Å². The van der Waals surface area contributed by atoms with E-state index in [-0.39, 0.29) is 0 Å². The Balaban J connectivity index is -0.000000169. The molecule has 0 fully saturated rings. The minimum absolute atomic E-state index is 1.36.